The SMILES string of the molecule is C=CCn1c(CSc2ccc(C)cc2)nnc1SC(C)C(=O)Nc1c(C#N)cnn1C. The number of benzene rings is 1. The van der Waals surface area contributed by atoms with Gasteiger partial charge in [0.1, 0.15) is 23.3 Å². The molecule has 3 rings (SSSR count). The number of rotatable bonds is 9. The highest BCUT2D eigenvalue weighted by Crippen LogP contribution is 2.27. The molecule has 0 fully saturated rings. The van der Waals surface area contributed by atoms with Gasteiger partial charge in [-0.05, 0) is 26.0 Å². The largest absolute Gasteiger partial charge is 0.309 e. The highest BCUT2D eigenvalue weighted by Gasteiger charge is 2.22. The number of thioether (sulfide) groups is 2. The normalized spacial score (nSPS) is 11.7. The second-order valence-electron chi connectivity index (χ2n) is 6.79. The van der Waals surface area contributed by atoms with Crippen LogP contribution < -0.4 is 5.32 Å². The molecule has 0 saturated carbocycles. The van der Waals surface area contributed by atoms with Crippen LogP contribution in [-0.4, -0.2) is 35.7 Å². The second kappa shape index (κ2) is 10.3. The van der Waals surface area contributed by atoms with E-state index in [9.17, 15) is 10.1 Å². The summed E-state index contributed by atoms with van der Waals surface area (Å²) in [5.74, 6) is 1.61. The van der Waals surface area contributed by atoms with Crippen molar-refractivity contribution in [3.05, 3.63) is 60.1 Å². The molecule has 160 valence electrons. The zero-order valence-electron chi connectivity index (χ0n) is 17.6. The van der Waals surface area contributed by atoms with Crippen molar-refractivity contribution in [3.63, 3.8) is 0 Å². The van der Waals surface area contributed by atoms with Crippen molar-refractivity contribution < 1.29 is 4.79 Å². The van der Waals surface area contributed by atoms with E-state index in [2.05, 4.69) is 58.4 Å². The van der Waals surface area contributed by atoms with Crippen LogP contribution in [0.1, 0.15) is 23.9 Å². The van der Waals surface area contributed by atoms with Gasteiger partial charge >= 0.3 is 0 Å². The molecule has 0 aliphatic carbocycles. The number of hydrogen-bond acceptors (Lipinski definition) is 7. The maximum atomic E-state index is 12.7. The first-order valence-electron chi connectivity index (χ1n) is 9.55. The van der Waals surface area contributed by atoms with Gasteiger partial charge < -0.3 is 9.88 Å². The molecule has 3 aromatic rings. The first kappa shape index (κ1) is 22.7. The molecule has 2 aromatic heterocycles. The monoisotopic (exact) mass is 453 g/mol. The number of aryl methyl sites for hydroxylation is 2. The minimum Gasteiger partial charge on any atom is -0.309 e. The smallest absolute Gasteiger partial charge is 0.238 e. The van der Waals surface area contributed by atoms with E-state index in [1.807, 2.05) is 10.6 Å². The Bertz CT molecular complexity index is 1110. The van der Waals surface area contributed by atoms with E-state index in [4.69, 9.17) is 0 Å². The van der Waals surface area contributed by atoms with Gasteiger partial charge in [-0.15, -0.1) is 28.5 Å². The number of nitrogens with zero attached hydrogens (tertiary/aromatic N) is 6. The van der Waals surface area contributed by atoms with Crippen molar-refractivity contribution in [2.75, 3.05) is 5.32 Å². The Morgan fingerprint density at radius 3 is 2.77 bits per heavy atom. The molecule has 0 aliphatic rings. The standard InChI is InChI=1S/C21H23N7OS2/c1-5-10-28-18(13-30-17-8-6-14(2)7-9-17)25-26-21(28)31-15(3)20(29)24-19-16(11-22)12-23-27(19)4/h5-9,12,15H,1,10,13H2,2-4H3,(H,24,29). The number of amides is 1. The van der Waals surface area contributed by atoms with E-state index in [-0.39, 0.29) is 5.91 Å². The van der Waals surface area contributed by atoms with Gasteiger partial charge in [0.25, 0.3) is 0 Å². The zero-order valence-corrected chi connectivity index (χ0v) is 19.2. The average molecular weight is 454 g/mol. The summed E-state index contributed by atoms with van der Waals surface area (Å²) < 4.78 is 3.43. The summed E-state index contributed by atoms with van der Waals surface area (Å²) in [5, 5.41) is 24.8. The predicted molar refractivity (Wildman–Crippen MR) is 123 cm³/mol. The lowest BCUT2D eigenvalue weighted by Gasteiger charge is -2.13. The van der Waals surface area contributed by atoms with Crippen LogP contribution in [0.15, 0.2) is 53.2 Å². The number of allylic oxidation sites excluding steroid dienone is 1. The van der Waals surface area contributed by atoms with Gasteiger partial charge in [0.2, 0.25) is 5.91 Å². The molecule has 0 spiro atoms. The maximum Gasteiger partial charge on any atom is 0.238 e. The Hall–Kier alpha value is -3.03. The van der Waals surface area contributed by atoms with Gasteiger partial charge in [-0.2, -0.15) is 10.4 Å². The van der Waals surface area contributed by atoms with Crippen molar-refractivity contribution in [1.82, 2.24) is 24.5 Å². The molecule has 31 heavy (non-hydrogen) atoms. The zero-order chi connectivity index (χ0) is 22.4. The van der Waals surface area contributed by atoms with Gasteiger partial charge in [-0.1, -0.05) is 35.5 Å². The first-order valence-corrected chi connectivity index (χ1v) is 11.4. The quantitative estimate of drug-likeness (QED) is 0.388. The van der Waals surface area contributed by atoms with Gasteiger partial charge in [0.05, 0.1) is 17.2 Å². The third-order valence-corrected chi connectivity index (χ3v) is 6.53. The lowest BCUT2D eigenvalue weighted by Crippen LogP contribution is -2.24. The first-order chi connectivity index (χ1) is 14.9. The summed E-state index contributed by atoms with van der Waals surface area (Å²) >= 11 is 2.99. The van der Waals surface area contributed by atoms with Gasteiger partial charge in [0.15, 0.2) is 5.16 Å². The Balaban J connectivity index is 1.69. The number of carbonyl (C=O) groups excluding carboxylic acids is 1. The Morgan fingerprint density at radius 2 is 2.10 bits per heavy atom. The minimum atomic E-state index is -0.452. The highest BCUT2D eigenvalue weighted by molar-refractivity contribution is 8.00. The molecule has 2 heterocycles. The summed E-state index contributed by atoms with van der Waals surface area (Å²) in [5.41, 5.74) is 1.54. The number of aromatic nitrogens is 5. The van der Waals surface area contributed by atoms with Crippen LogP contribution in [0.4, 0.5) is 5.82 Å². The van der Waals surface area contributed by atoms with Gasteiger partial charge in [-0.3, -0.25) is 9.48 Å². The summed E-state index contributed by atoms with van der Waals surface area (Å²) in [6.07, 6.45) is 3.21. The molecule has 8 nitrogen and oxygen atoms in total. The molecule has 1 amide bonds. The van der Waals surface area contributed by atoms with Crippen molar-refractivity contribution in [3.8, 4) is 6.07 Å². The fourth-order valence-corrected chi connectivity index (χ4v) is 4.42. The molecule has 0 bridgehead atoms. The molecule has 0 aliphatic heterocycles. The number of anilines is 1. The summed E-state index contributed by atoms with van der Waals surface area (Å²) in [7, 11) is 1.67. The van der Waals surface area contributed by atoms with E-state index in [0.717, 1.165) is 10.7 Å². The summed E-state index contributed by atoms with van der Waals surface area (Å²) in [6.45, 7) is 8.22. The Kier molecular flexibility index (Phi) is 7.55. The van der Waals surface area contributed by atoms with E-state index in [1.54, 1.807) is 31.8 Å². The van der Waals surface area contributed by atoms with Gasteiger partial charge in [-0.25, -0.2) is 0 Å². The molecule has 1 aromatic carbocycles. The maximum absolute atomic E-state index is 12.7. The third-order valence-electron chi connectivity index (χ3n) is 4.45. The molecule has 0 saturated heterocycles. The minimum absolute atomic E-state index is 0.242. The lowest BCUT2D eigenvalue weighted by atomic mass is 10.2. The third kappa shape index (κ3) is 5.57. The van der Waals surface area contributed by atoms with Crippen LogP contribution in [0.3, 0.4) is 0 Å². The molecule has 1 unspecified atom stereocenters. The van der Waals surface area contributed by atoms with E-state index < -0.39 is 5.25 Å². The second-order valence-corrected chi connectivity index (χ2v) is 9.15. The van der Waals surface area contributed by atoms with Crippen molar-refractivity contribution in [1.29, 1.82) is 5.26 Å². The lowest BCUT2D eigenvalue weighted by molar-refractivity contribution is -0.115. The van der Waals surface area contributed by atoms with Gasteiger partial charge in [0, 0.05) is 18.5 Å². The van der Waals surface area contributed by atoms with E-state index in [0.29, 0.717) is 28.8 Å². The molecule has 0 radical (unpaired) electrons. The van der Waals surface area contributed by atoms with Crippen molar-refractivity contribution >= 4 is 35.2 Å². The van der Waals surface area contributed by atoms with Crippen LogP contribution >= 0.6 is 23.5 Å². The molecule has 1 N–H and O–H groups in total. The highest BCUT2D eigenvalue weighted by atomic mass is 32.2. The molecule has 10 heteroatoms. The number of carbonyl (C=O) groups is 1. The molecular weight excluding hydrogens is 430 g/mol. The number of nitriles is 1. The fraction of sp³-hybridized carbons (Fsp3) is 0.286. The van der Waals surface area contributed by atoms with E-state index >= 15 is 0 Å². The van der Waals surface area contributed by atoms with Crippen LogP contribution in [0.25, 0.3) is 0 Å². The van der Waals surface area contributed by atoms with Crippen LogP contribution in [0.2, 0.25) is 0 Å². The number of hydrogen-bond donors (Lipinski definition) is 1. The fourth-order valence-electron chi connectivity index (χ4n) is 2.71. The summed E-state index contributed by atoms with van der Waals surface area (Å²) in [4.78, 5) is 13.8. The van der Waals surface area contributed by atoms with Crippen LogP contribution in [0, 0.1) is 18.3 Å². The topological polar surface area (TPSA) is 101 Å². The Morgan fingerprint density at radius 1 is 1.35 bits per heavy atom. The number of nitrogens with one attached hydrogen (secondary N) is 1. The van der Waals surface area contributed by atoms with Crippen LogP contribution in [0.5, 0.6) is 0 Å². The predicted octanol–water partition coefficient (Wildman–Crippen LogP) is 3.79. The summed E-state index contributed by atoms with van der Waals surface area (Å²) in [6, 6.07) is 10.4. The van der Waals surface area contributed by atoms with Crippen molar-refractivity contribution in [2.45, 2.75) is 41.4 Å². The molecular formula is C21H23N7OS2. The van der Waals surface area contributed by atoms with Crippen molar-refractivity contribution in [2.24, 2.45) is 7.05 Å². The molecule has 1 atom stereocenters. The van der Waals surface area contributed by atoms with Crippen LogP contribution in [-0.2, 0) is 24.1 Å². The Labute approximate surface area is 189 Å². The average Bonchev–Trinajstić information content (AvgIpc) is 3.31. The van der Waals surface area contributed by atoms with E-state index in [1.165, 1.54) is 28.2 Å².